The van der Waals surface area contributed by atoms with Crippen molar-refractivity contribution in [1.29, 1.82) is 5.26 Å². The molecule has 1 fully saturated rings. The molecule has 17 heavy (non-hydrogen) atoms. The number of rotatable bonds is 3. The van der Waals surface area contributed by atoms with Crippen molar-refractivity contribution in [1.82, 2.24) is 9.80 Å². The highest BCUT2D eigenvalue weighted by molar-refractivity contribution is 5.86. The van der Waals surface area contributed by atoms with Crippen LogP contribution < -0.4 is 0 Å². The molecule has 4 nitrogen and oxygen atoms in total. The SMILES string of the molecule is CN1CCN(CCC(C)(C)C#N)C(C)(C)C1=O. The minimum Gasteiger partial charge on any atom is -0.343 e. The molecule has 0 atom stereocenters. The fraction of sp³-hybridized carbons (Fsp3) is 0.846. The molecule has 1 rings (SSSR count). The van der Waals surface area contributed by atoms with Crippen LogP contribution in [0.25, 0.3) is 0 Å². The summed E-state index contributed by atoms with van der Waals surface area (Å²) in [6.45, 7) is 10.3. The molecule has 96 valence electrons. The summed E-state index contributed by atoms with van der Waals surface area (Å²) in [6, 6.07) is 2.31. The minimum atomic E-state index is -0.446. The molecule has 0 saturated carbocycles. The number of amides is 1. The first-order valence-electron chi connectivity index (χ1n) is 6.12. The molecule has 0 aromatic heterocycles. The van der Waals surface area contributed by atoms with Crippen LogP contribution in [0.1, 0.15) is 34.1 Å². The van der Waals surface area contributed by atoms with Crippen molar-refractivity contribution in [2.75, 3.05) is 26.7 Å². The standard InChI is InChI=1S/C13H23N3O/c1-12(2,10-14)6-7-16-9-8-15(5)11(17)13(16,3)4/h6-9H2,1-5H3. The first-order chi connectivity index (χ1) is 7.70. The van der Waals surface area contributed by atoms with Crippen LogP contribution in [-0.4, -0.2) is 47.9 Å². The third kappa shape index (κ3) is 2.98. The maximum absolute atomic E-state index is 12.1. The summed E-state index contributed by atoms with van der Waals surface area (Å²) in [7, 11) is 1.85. The van der Waals surface area contributed by atoms with E-state index in [2.05, 4.69) is 11.0 Å². The van der Waals surface area contributed by atoms with Crippen LogP contribution in [0.3, 0.4) is 0 Å². The molecule has 0 bridgehead atoms. The predicted octanol–water partition coefficient (Wildman–Crippen LogP) is 1.48. The van der Waals surface area contributed by atoms with Crippen LogP contribution in [0.15, 0.2) is 0 Å². The Kier molecular flexibility index (Phi) is 3.83. The molecule has 1 saturated heterocycles. The van der Waals surface area contributed by atoms with Crippen molar-refractivity contribution < 1.29 is 4.79 Å². The number of carbonyl (C=O) groups is 1. The van der Waals surface area contributed by atoms with Crippen molar-refractivity contribution in [3.8, 4) is 6.07 Å². The van der Waals surface area contributed by atoms with E-state index in [-0.39, 0.29) is 11.3 Å². The van der Waals surface area contributed by atoms with Gasteiger partial charge in [0.25, 0.3) is 0 Å². The van der Waals surface area contributed by atoms with Gasteiger partial charge in [-0.1, -0.05) is 0 Å². The van der Waals surface area contributed by atoms with Crippen LogP contribution in [0, 0.1) is 16.7 Å². The van der Waals surface area contributed by atoms with Crippen LogP contribution in [0.4, 0.5) is 0 Å². The summed E-state index contributed by atoms with van der Waals surface area (Å²) in [5.74, 6) is 0.165. The Balaban J connectivity index is 2.67. The molecule has 1 aliphatic heterocycles. The van der Waals surface area contributed by atoms with Gasteiger partial charge in [0.15, 0.2) is 0 Å². The van der Waals surface area contributed by atoms with E-state index in [4.69, 9.17) is 5.26 Å². The van der Waals surface area contributed by atoms with Crippen molar-refractivity contribution in [2.45, 2.75) is 39.7 Å². The minimum absolute atomic E-state index is 0.165. The summed E-state index contributed by atoms with van der Waals surface area (Å²) < 4.78 is 0. The Bertz CT molecular complexity index is 341. The molecule has 1 amide bonds. The maximum atomic E-state index is 12.1. The average Bonchev–Trinajstić information content (AvgIpc) is 2.25. The van der Waals surface area contributed by atoms with Gasteiger partial charge < -0.3 is 4.90 Å². The summed E-state index contributed by atoms with van der Waals surface area (Å²) in [4.78, 5) is 16.0. The van der Waals surface area contributed by atoms with Crippen LogP contribution in [0.2, 0.25) is 0 Å². The third-order valence-electron chi connectivity index (χ3n) is 3.68. The summed E-state index contributed by atoms with van der Waals surface area (Å²) in [5, 5.41) is 9.00. The number of piperazine rings is 1. The Morgan fingerprint density at radius 2 is 2.00 bits per heavy atom. The van der Waals surface area contributed by atoms with E-state index in [9.17, 15) is 4.79 Å². The normalized spacial score (nSPS) is 21.4. The molecule has 0 N–H and O–H groups in total. The first kappa shape index (κ1) is 14.0. The van der Waals surface area contributed by atoms with Gasteiger partial charge in [0, 0.05) is 26.7 Å². The largest absolute Gasteiger partial charge is 0.343 e. The van der Waals surface area contributed by atoms with E-state index in [1.165, 1.54) is 0 Å². The second-order valence-electron chi connectivity index (χ2n) is 6.02. The van der Waals surface area contributed by atoms with E-state index >= 15 is 0 Å². The summed E-state index contributed by atoms with van der Waals surface area (Å²) in [6.07, 6.45) is 0.796. The third-order valence-corrected chi connectivity index (χ3v) is 3.68. The van der Waals surface area contributed by atoms with Gasteiger partial charge >= 0.3 is 0 Å². The molecule has 1 heterocycles. The number of hydrogen-bond donors (Lipinski definition) is 0. The molecule has 1 aliphatic rings. The number of nitriles is 1. The maximum Gasteiger partial charge on any atom is 0.242 e. The average molecular weight is 237 g/mol. The summed E-state index contributed by atoms with van der Waals surface area (Å²) >= 11 is 0. The van der Waals surface area contributed by atoms with Gasteiger partial charge in [0.05, 0.1) is 17.0 Å². The Labute approximate surface area is 104 Å². The lowest BCUT2D eigenvalue weighted by Gasteiger charge is -2.45. The molecule has 0 aliphatic carbocycles. The zero-order valence-electron chi connectivity index (χ0n) is 11.6. The molecule has 4 heteroatoms. The van der Waals surface area contributed by atoms with E-state index < -0.39 is 5.54 Å². The molecular formula is C13H23N3O. The smallest absolute Gasteiger partial charge is 0.242 e. The van der Waals surface area contributed by atoms with E-state index in [1.807, 2.05) is 34.7 Å². The quantitative estimate of drug-likeness (QED) is 0.747. The van der Waals surface area contributed by atoms with Gasteiger partial charge in [0.1, 0.15) is 0 Å². The topological polar surface area (TPSA) is 47.3 Å². The highest BCUT2D eigenvalue weighted by atomic mass is 16.2. The van der Waals surface area contributed by atoms with Gasteiger partial charge in [-0.3, -0.25) is 9.69 Å². The van der Waals surface area contributed by atoms with E-state index in [0.717, 1.165) is 26.1 Å². The number of nitrogens with zero attached hydrogens (tertiary/aromatic N) is 3. The second kappa shape index (κ2) is 4.66. The summed E-state index contributed by atoms with van der Waals surface area (Å²) in [5.41, 5.74) is -0.763. The number of hydrogen-bond acceptors (Lipinski definition) is 3. The lowest BCUT2D eigenvalue weighted by Crippen LogP contribution is -2.62. The van der Waals surface area contributed by atoms with E-state index in [1.54, 1.807) is 4.90 Å². The fourth-order valence-electron chi connectivity index (χ4n) is 2.12. The van der Waals surface area contributed by atoms with Gasteiger partial charge in [-0.05, 0) is 34.1 Å². The van der Waals surface area contributed by atoms with Gasteiger partial charge in [0.2, 0.25) is 5.91 Å². The zero-order valence-corrected chi connectivity index (χ0v) is 11.6. The van der Waals surface area contributed by atoms with Crippen molar-refractivity contribution in [3.63, 3.8) is 0 Å². The van der Waals surface area contributed by atoms with Gasteiger partial charge in [-0.2, -0.15) is 5.26 Å². The monoisotopic (exact) mass is 237 g/mol. The highest BCUT2D eigenvalue weighted by Gasteiger charge is 2.40. The van der Waals surface area contributed by atoms with Crippen molar-refractivity contribution in [2.24, 2.45) is 5.41 Å². The first-order valence-corrected chi connectivity index (χ1v) is 6.12. The zero-order chi connectivity index (χ0) is 13.3. The van der Waals surface area contributed by atoms with E-state index in [0.29, 0.717) is 0 Å². The van der Waals surface area contributed by atoms with Crippen LogP contribution in [0.5, 0.6) is 0 Å². The lowest BCUT2D eigenvalue weighted by molar-refractivity contribution is -0.147. The van der Waals surface area contributed by atoms with Crippen LogP contribution in [-0.2, 0) is 4.79 Å². The molecule has 0 unspecified atom stereocenters. The number of carbonyl (C=O) groups excluding carboxylic acids is 1. The lowest BCUT2D eigenvalue weighted by atomic mass is 9.89. The molecule has 0 aromatic rings. The predicted molar refractivity (Wildman–Crippen MR) is 67.3 cm³/mol. The Morgan fingerprint density at radius 3 is 2.53 bits per heavy atom. The van der Waals surface area contributed by atoms with Crippen LogP contribution >= 0.6 is 0 Å². The van der Waals surface area contributed by atoms with Gasteiger partial charge in [-0.25, -0.2) is 0 Å². The molecular weight excluding hydrogens is 214 g/mol. The Morgan fingerprint density at radius 1 is 1.41 bits per heavy atom. The van der Waals surface area contributed by atoms with Crippen molar-refractivity contribution in [3.05, 3.63) is 0 Å². The fourth-order valence-corrected chi connectivity index (χ4v) is 2.12. The highest BCUT2D eigenvalue weighted by Crippen LogP contribution is 2.25. The van der Waals surface area contributed by atoms with Crippen molar-refractivity contribution >= 4 is 5.91 Å². The molecule has 0 radical (unpaired) electrons. The number of likely N-dealkylation sites (N-methyl/N-ethyl adjacent to an activating group) is 1. The molecule has 0 spiro atoms. The Hall–Kier alpha value is -1.08. The van der Waals surface area contributed by atoms with Gasteiger partial charge in [-0.15, -0.1) is 0 Å². The molecule has 0 aromatic carbocycles. The second-order valence-corrected chi connectivity index (χ2v) is 6.02.